The quantitative estimate of drug-likeness (QED) is 0.402. The van der Waals surface area contributed by atoms with Gasteiger partial charge in [-0.05, 0) is 39.9 Å². The van der Waals surface area contributed by atoms with E-state index in [1.807, 2.05) is 0 Å². The SMILES string of the molecule is COc1ccc2ccccc2c1-c1c(SC)ccc2ccccc12. The van der Waals surface area contributed by atoms with Gasteiger partial charge < -0.3 is 4.74 Å². The molecule has 0 unspecified atom stereocenters. The first kappa shape index (κ1) is 15.1. The number of thioether (sulfide) groups is 1. The molecule has 4 rings (SSSR count). The maximum atomic E-state index is 5.75. The molecule has 0 spiro atoms. The molecule has 0 saturated carbocycles. The fourth-order valence-corrected chi connectivity index (χ4v) is 3.98. The Labute approximate surface area is 146 Å². The minimum atomic E-state index is 0.917. The monoisotopic (exact) mass is 330 g/mol. The van der Waals surface area contributed by atoms with E-state index in [4.69, 9.17) is 4.74 Å². The molecule has 0 aliphatic carbocycles. The third-order valence-electron chi connectivity index (χ3n) is 4.47. The van der Waals surface area contributed by atoms with E-state index in [-0.39, 0.29) is 0 Å². The summed E-state index contributed by atoms with van der Waals surface area (Å²) in [6.45, 7) is 0. The lowest BCUT2D eigenvalue weighted by atomic mass is 9.93. The Balaban J connectivity index is 2.21. The van der Waals surface area contributed by atoms with E-state index in [9.17, 15) is 0 Å². The topological polar surface area (TPSA) is 9.23 Å². The Bertz CT molecular complexity index is 951. The average Bonchev–Trinajstić information content (AvgIpc) is 2.66. The van der Waals surface area contributed by atoms with Gasteiger partial charge in [-0.25, -0.2) is 0 Å². The zero-order valence-electron chi connectivity index (χ0n) is 13.7. The molecule has 4 aromatic rings. The van der Waals surface area contributed by atoms with Crippen molar-refractivity contribution in [3.63, 3.8) is 0 Å². The summed E-state index contributed by atoms with van der Waals surface area (Å²) in [5.41, 5.74) is 2.44. The van der Waals surface area contributed by atoms with Gasteiger partial charge in [0.2, 0.25) is 0 Å². The van der Waals surface area contributed by atoms with Gasteiger partial charge in [0.1, 0.15) is 5.75 Å². The Morgan fingerprint density at radius 2 is 1.25 bits per heavy atom. The lowest BCUT2D eigenvalue weighted by Crippen LogP contribution is -1.92. The van der Waals surface area contributed by atoms with Crippen molar-refractivity contribution in [2.45, 2.75) is 4.90 Å². The molecule has 0 aliphatic rings. The summed E-state index contributed by atoms with van der Waals surface area (Å²) >= 11 is 1.78. The van der Waals surface area contributed by atoms with Crippen molar-refractivity contribution in [3.05, 3.63) is 72.8 Å². The van der Waals surface area contributed by atoms with Crippen LogP contribution >= 0.6 is 11.8 Å². The molecular weight excluding hydrogens is 312 g/mol. The first-order valence-electron chi connectivity index (χ1n) is 7.95. The number of rotatable bonds is 3. The van der Waals surface area contributed by atoms with Crippen molar-refractivity contribution in [1.82, 2.24) is 0 Å². The van der Waals surface area contributed by atoms with Crippen LogP contribution in [-0.4, -0.2) is 13.4 Å². The van der Waals surface area contributed by atoms with Gasteiger partial charge >= 0.3 is 0 Å². The fraction of sp³-hybridized carbons (Fsp3) is 0.0909. The van der Waals surface area contributed by atoms with Gasteiger partial charge in [-0.3, -0.25) is 0 Å². The zero-order chi connectivity index (χ0) is 16.5. The van der Waals surface area contributed by atoms with Crippen LogP contribution in [0.15, 0.2) is 77.7 Å². The first-order valence-corrected chi connectivity index (χ1v) is 9.18. The lowest BCUT2D eigenvalue weighted by Gasteiger charge is -2.17. The van der Waals surface area contributed by atoms with E-state index >= 15 is 0 Å². The second-order valence-electron chi connectivity index (χ2n) is 5.73. The minimum Gasteiger partial charge on any atom is -0.496 e. The van der Waals surface area contributed by atoms with Crippen molar-refractivity contribution >= 4 is 33.3 Å². The van der Waals surface area contributed by atoms with Crippen molar-refractivity contribution in [2.75, 3.05) is 13.4 Å². The van der Waals surface area contributed by atoms with E-state index in [0.29, 0.717) is 0 Å². The second kappa shape index (κ2) is 6.21. The van der Waals surface area contributed by atoms with Crippen LogP contribution in [0.1, 0.15) is 0 Å². The maximum Gasteiger partial charge on any atom is 0.127 e. The molecule has 0 heterocycles. The van der Waals surface area contributed by atoms with Crippen LogP contribution in [0.4, 0.5) is 0 Å². The van der Waals surface area contributed by atoms with E-state index < -0.39 is 0 Å². The number of ether oxygens (including phenoxy) is 1. The third kappa shape index (κ3) is 2.35. The van der Waals surface area contributed by atoms with Crippen LogP contribution in [0.2, 0.25) is 0 Å². The molecule has 0 bridgehead atoms. The van der Waals surface area contributed by atoms with Crippen LogP contribution < -0.4 is 4.74 Å². The maximum absolute atomic E-state index is 5.75. The second-order valence-corrected chi connectivity index (χ2v) is 6.58. The lowest BCUT2D eigenvalue weighted by molar-refractivity contribution is 0.417. The van der Waals surface area contributed by atoms with Crippen LogP contribution in [-0.2, 0) is 0 Å². The predicted octanol–water partition coefficient (Wildman–Crippen LogP) is 6.39. The molecule has 2 heteroatoms. The third-order valence-corrected chi connectivity index (χ3v) is 5.25. The summed E-state index contributed by atoms with van der Waals surface area (Å²) in [6.07, 6.45) is 2.13. The number of methoxy groups -OCH3 is 1. The molecule has 0 saturated heterocycles. The summed E-state index contributed by atoms with van der Waals surface area (Å²) in [7, 11) is 1.75. The molecule has 0 fully saturated rings. The number of fused-ring (bicyclic) bond motifs is 2. The molecule has 118 valence electrons. The van der Waals surface area contributed by atoms with Crippen molar-refractivity contribution in [2.24, 2.45) is 0 Å². The van der Waals surface area contributed by atoms with Crippen molar-refractivity contribution in [1.29, 1.82) is 0 Å². The van der Waals surface area contributed by atoms with Gasteiger partial charge in [0.25, 0.3) is 0 Å². The van der Waals surface area contributed by atoms with Crippen LogP contribution in [0.25, 0.3) is 32.7 Å². The van der Waals surface area contributed by atoms with E-state index in [1.54, 1.807) is 18.9 Å². The highest BCUT2D eigenvalue weighted by Crippen LogP contribution is 2.44. The highest BCUT2D eigenvalue weighted by Gasteiger charge is 2.16. The molecule has 0 radical (unpaired) electrons. The molecule has 0 N–H and O–H groups in total. The molecule has 0 atom stereocenters. The number of hydrogen-bond acceptors (Lipinski definition) is 2. The van der Waals surface area contributed by atoms with Gasteiger partial charge in [0, 0.05) is 16.0 Å². The standard InChI is InChI=1S/C22H18OS/c1-23-19-13-11-15-7-3-5-9-17(15)21(19)22-18-10-6-4-8-16(18)12-14-20(22)24-2/h3-14H,1-2H3. The van der Waals surface area contributed by atoms with E-state index in [1.165, 1.54) is 37.6 Å². The Morgan fingerprint density at radius 1 is 0.667 bits per heavy atom. The minimum absolute atomic E-state index is 0.917. The molecule has 4 aromatic carbocycles. The number of benzene rings is 4. The Kier molecular flexibility index (Phi) is 3.91. The van der Waals surface area contributed by atoms with Gasteiger partial charge in [-0.15, -0.1) is 11.8 Å². The number of hydrogen-bond donors (Lipinski definition) is 0. The summed E-state index contributed by atoms with van der Waals surface area (Å²) in [4.78, 5) is 1.27. The highest BCUT2D eigenvalue weighted by molar-refractivity contribution is 7.98. The summed E-state index contributed by atoms with van der Waals surface area (Å²) in [6, 6.07) is 25.7. The molecular formula is C22H18OS. The molecule has 0 amide bonds. The molecule has 0 aliphatic heterocycles. The van der Waals surface area contributed by atoms with Crippen molar-refractivity contribution in [3.8, 4) is 16.9 Å². The molecule has 0 aromatic heterocycles. The normalized spacial score (nSPS) is 11.1. The molecule has 1 nitrogen and oxygen atoms in total. The smallest absolute Gasteiger partial charge is 0.127 e. The fourth-order valence-electron chi connectivity index (χ4n) is 3.36. The summed E-state index contributed by atoms with van der Waals surface area (Å²) in [5, 5.41) is 4.97. The zero-order valence-corrected chi connectivity index (χ0v) is 14.6. The Hall–Kier alpha value is -2.45. The van der Waals surface area contributed by atoms with Gasteiger partial charge in [-0.1, -0.05) is 60.7 Å². The van der Waals surface area contributed by atoms with Crippen LogP contribution in [0, 0.1) is 0 Å². The van der Waals surface area contributed by atoms with Gasteiger partial charge in [0.05, 0.1) is 7.11 Å². The Morgan fingerprint density at radius 3 is 1.88 bits per heavy atom. The van der Waals surface area contributed by atoms with E-state index in [2.05, 4.69) is 79.1 Å². The average molecular weight is 330 g/mol. The highest BCUT2D eigenvalue weighted by atomic mass is 32.2. The molecule has 24 heavy (non-hydrogen) atoms. The van der Waals surface area contributed by atoms with Gasteiger partial charge in [0.15, 0.2) is 0 Å². The van der Waals surface area contributed by atoms with Gasteiger partial charge in [-0.2, -0.15) is 0 Å². The van der Waals surface area contributed by atoms with Crippen LogP contribution in [0.5, 0.6) is 5.75 Å². The summed E-state index contributed by atoms with van der Waals surface area (Å²) in [5.74, 6) is 0.917. The van der Waals surface area contributed by atoms with Crippen molar-refractivity contribution < 1.29 is 4.74 Å². The predicted molar refractivity (Wildman–Crippen MR) is 105 cm³/mol. The first-order chi connectivity index (χ1) is 11.8. The van der Waals surface area contributed by atoms with E-state index in [0.717, 1.165) is 5.75 Å². The largest absolute Gasteiger partial charge is 0.496 e. The van der Waals surface area contributed by atoms with Crippen LogP contribution in [0.3, 0.4) is 0 Å². The summed E-state index contributed by atoms with van der Waals surface area (Å²) < 4.78 is 5.75.